The molecule has 0 fully saturated rings. The molecule has 6 aromatic heterocycles. The van der Waals surface area contributed by atoms with Gasteiger partial charge in [-0.3, -0.25) is 15.0 Å². The third kappa shape index (κ3) is 7.39. The van der Waals surface area contributed by atoms with Crippen LogP contribution in [0, 0.1) is 5.82 Å². The van der Waals surface area contributed by atoms with Gasteiger partial charge >= 0.3 is 0 Å². The SMILES string of the molecule is Fc1ccc2cncc(-c3cc4ccccc4o3)c2c1.Nc1ccc2cncc(-c3cc4ccccc4o3)c2c1.[N-]=[N+]=Nc1ccc2cncc(-c3cc4ccccc4o3)c2c1. The number of anilines is 1. The smallest absolute Gasteiger partial charge is 0.137 e. The van der Waals surface area contributed by atoms with Gasteiger partial charge < -0.3 is 19.0 Å². The van der Waals surface area contributed by atoms with Crippen LogP contribution in [0.1, 0.15) is 0 Å². The average molecular weight is 810 g/mol. The summed E-state index contributed by atoms with van der Waals surface area (Å²) in [6.45, 7) is 0. The van der Waals surface area contributed by atoms with Crippen LogP contribution >= 0.6 is 0 Å². The molecule has 0 atom stereocenters. The topological polar surface area (TPSA) is 153 Å². The first-order chi connectivity index (χ1) is 30.5. The minimum Gasteiger partial charge on any atom is -0.456 e. The van der Waals surface area contributed by atoms with Crippen molar-refractivity contribution < 1.29 is 17.6 Å². The van der Waals surface area contributed by atoms with E-state index in [2.05, 4.69) is 25.0 Å². The normalized spacial score (nSPS) is 11.0. The number of nitrogens with zero attached hydrogens (tertiary/aromatic N) is 6. The molecule has 6 heterocycles. The number of fused-ring (bicyclic) bond motifs is 6. The van der Waals surface area contributed by atoms with Crippen molar-refractivity contribution in [3.8, 4) is 34.0 Å². The fraction of sp³-hybridized carbons (Fsp3) is 0. The Morgan fingerprint density at radius 2 is 0.871 bits per heavy atom. The molecular formula is C51H32FN7O3. The van der Waals surface area contributed by atoms with Gasteiger partial charge in [-0.05, 0) is 94.5 Å². The van der Waals surface area contributed by atoms with Gasteiger partial charge in [0.2, 0.25) is 0 Å². The van der Waals surface area contributed by atoms with Crippen LogP contribution in [-0.4, -0.2) is 15.0 Å². The Hall–Kier alpha value is -8.79. The number of hydrogen-bond acceptors (Lipinski definition) is 8. The molecule has 0 amide bonds. The van der Waals surface area contributed by atoms with Crippen molar-refractivity contribution in [2.75, 3.05) is 5.73 Å². The van der Waals surface area contributed by atoms with Gasteiger partial charge in [-0.25, -0.2) is 4.39 Å². The molecule has 11 heteroatoms. The van der Waals surface area contributed by atoms with E-state index in [1.165, 1.54) is 12.1 Å². The zero-order valence-electron chi connectivity index (χ0n) is 32.7. The number of azide groups is 1. The van der Waals surface area contributed by atoms with Gasteiger partial charge in [0, 0.05) is 102 Å². The van der Waals surface area contributed by atoms with Crippen LogP contribution in [0.25, 0.3) is 110 Å². The zero-order valence-corrected chi connectivity index (χ0v) is 32.7. The predicted octanol–water partition coefficient (Wildman–Crippen LogP) is 14.6. The number of nitrogens with two attached hydrogens (primary N) is 1. The highest BCUT2D eigenvalue weighted by Crippen LogP contribution is 2.36. The fourth-order valence-corrected chi connectivity index (χ4v) is 7.52. The molecule has 0 saturated heterocycles. The molecule has 0 aliphatic carbocycles. The maximum Gasteiger partial charge on any atom is 0.137 e. The lowest BCUT2D eigenvalue weighted by Crippen LogP contribution is -1.87. The van der Waals surface area contributed by atoms with Crippen LogP contribution in [0.2, 0.25) is 0 Å². The standard InChI is InChI=1S/C17H10FNO.C17H10N4O.C17H12N2O/c18-13-6-5-12-9-19-10-15(14(12)8-13)17-7-11-3-1-2-4-16(11)20-17;18-21-20-13-6-5-12-9-19-10-15(14(12)8-13)17-7-11-3-1-2-4-16(11)22-17;18-13-6-5-12-9-19-10-15(14(12)8-13)17-7-11-3-1-2-4-16(11)20-17/h1-10H;1-10H;1-10H,18H2. The second kappa shape index (κ2) is 16.1. The number of para-hydroxylation sites is 3. The average Bonchev–Trinajstić information content (AvgIpc) is 4.06. The first kappa shape index (κ1) is 37.5. The number of pyridine rings is 3. The van der Waals surface area contributed by atoms with Gasteiger partial charge in [0.25, 0.3) is 0 Å². The zero-order chi connectivity index (χ0) is 42.0. The quantitative estimate of drug-likeness (QED) is 0.0803. The second-order valence-electron chi connectivity index (χ2n) is 14.4. The molecule has 0 spiro atoms. The van der Waals surface area contributed by atoms with Crippen molar-refractivity contribution in [2.45, 2.75) is 0 Å². The van der Waals surface area contributed by atoms with E-state index in [1.807, 2.05) is 134 Å². The number of nitrogen functional groups attached to an aromatic ring is 1. The summed E-state index contributed by atoms with van der Waals surface area (Å²) in [6, 6.07) is 45.6. The minimum atomic E-state index is -0.263. The van der Waals surface area contributed by atoms with Crippen LogP contribution in [0.5, 0.6) is 0 Å². The highest BCUT2D eigenvalue weighted by Gasteiger charge is 2.13. The van der Waals surface area contributed by atoms with Crippen molar-refractivity contribution in [1.82, 2.24) is 15.0 Å². The number of hydrogen-bond donors (Lipinski definition) is 1. The molecular weight excluding hydrogens is 778 g/mol. The van der Waals surface area contributed by atoms with Crippen molar-refractivity contribution in [3.63, 3.8) is 0 Å². The molecule has 0 saturated carbocycles. The van der Waals surface area contributed by atoms with Crippen LogP contribution in [-0.2, 0) is 0 Å². The Morgan fingerprint density at radius 1 is 0.452 bits per heavy atom. The number of halogens is 1. The molecule has 6 aromatic carbocycles. The summed E-state index contributed by atoms with van der Waals surface area (Å²) in [5.74, 6) is 2.00. The number of rotatable bonds is 4. The number of furan rings is 3. The van der Waals surface area contributed by atoms with Crippen molar-refractivity contribution >= 4 is 76.6 Å². The summed E-state index contributed by atoms with van der Waals surface area (Å²) in [5, 5.41) is 12.5. The highest BCUT2D eigenvalue weighted by molar-refractivity contribution is 6.00. The first-order valence-corrected chi connectivity index (χ1v) is 19.5. The Bertz CT molecular complexity index is 3410. The van der Waals surface area contributed by atoms with E-state index in [0.717, 1.165) is 99.1 Å². The molecule has 0 radical (unpaired) electrons. The lowest BCUT2D eigenvalue weighted by atomic mass is 10.1. The van der Waals surface area contributed by atoms with E-state index < -0.39 is 0 Å². The Labute approximate surface area is 351 Å². The van der Waals surface area contributed by atoms with Gasteiger partial charge in [-0.2, -0.15) is 0 Å². The van der Waals surface area contributed by atoms with Crippen molar-refractivity contribution in [2.24, 2.45) is 5.11 Å². The molecule has 12 aromatic rings. The van der Waals surface area contributed by atoms with E-state index in [-0.39, 0.29) is 5.82 Å². The van der Waals surface area contributed by atoms with Gasteiger partial charge in [-0.1, -0.05) is 77.9 Å². The predicted molar refractivity (Wildman–Crippen MR) is 244 cm³/mol. The maximum absolute atomic E-state index is 13.5. The monoisotopic (exact) mass is 809 g/mol. The van der Waals surface area contributed by atoms with E-state index in [1.54, 1.807) is 36.9 Å². The molecule has 0 aliphatic heterocycles. The van der Waals surface area contributed by atoms with E-state index in [9.17, 15) is 4.39 Å². The van der Waals surface area contributed by atoms with Gasteiger partial charge in [-0.15, -0.1) is 0 Å². The summed E-state index contributed by atoms with van der Waals surface area (Å²) in [4.78, 5) is 15.6. The summed E-state index contributed by atoms with van der Waals surface area (Å²) in [5.41, 5.74) is 21.0. The van der Waals surface area contributed by atoms with Gasteiger partial charge in [0.1, 0.15) is 39.8 Å². The van der Waals surface area contributed by atoms with Crippen LogP contribution in [0.15, 0.2) is 201 Å². The van der Waals surface area contributed by atoms with Crippen LogP contribution in [0.3, 0.4) is 0 Å². The maximum atomic E-state index is 13.5. The highest BCUT2D eigenvalue weighted by atomic mass is 19.1. The van der Waals surface area contributed by atoms with Crippen LogP contribution < -0.4 is 5.73 Å². The summed E-state index contributed by atoms with van der Waals surface area (Å²) >= 11 is 0. The molecule has 2 N–H and O–H groups in total. The lowest BCUT2D eigenvalue weighted by molar-refractivity contribution is 0.628. The molecule has 62 heavy (non-hydrogen) atoms. The Balaban J connectivity index is 0.000000111. The molecule has 12 rings (SSSR count). The van der Waals surface area contributed by atoms with Crippen molar-refractivity contribution in [1.29, 1.82) is 0 Å². The second-order valence-corrected chi connectivity index (χ2v) is 14.4. The summed E-state index contributed by atoms with van der Waals surface area (Å²) in [6.07, 6.45) is 10.6. The molecule has 296 valence electrons. The van der Waals surface area contributed by atoms with Gasteiger partial charge in [0.15, 0.2) is 0 Å². The molecule has 0 bridgehead atoms. The minimum absolute atomic E-state index is 0.263. The largest absolute Gasteiger partial charge is 0.456 e. The van der Waals surface area contributed by atoms with E-state index in [0.29, 0.717) is 11.4 Å². The number of aromatic nitrogens is 3. The van der Waals surface area contributed by atoms with E-state index >= 15 is 0 Å². The Morgan fingerprint density at radius 3 is 1.34 bits per heavy atom. The van der Waals surface area contributed by atoms with Crippen molar-refractivity contribution in [3.05, 3.63) is 199 Å². The lowest BCUT2D eigenvalue weighted by Gasteiger charge is -2.04. The third-order valence-electron chi connectivity index (χ3n) is 10.5. The van der Waals surface area contributed by atoms with E-state index in [4.69, 9.17) is 24.5 Å². The molecule has 0 unspecified atom stereocenters. The summed E-state index contributed by atoms with van der Waals surface area (Å²) in [7, 11) is 0. The van der Waals surface area contributed by atoms with Crippen LogP contribution in [0.4, 0.5) is 15.8 Å². The summed E-state index contributed by atoms with van der Waals surface area (Å²) < 4.78 is 31.2. The number of benzene rings is 6. The third-order valence-corrected chi connectivity index (χ3v) is 10.5. The first-order valence-electron chi connectivity index (χ1n) is 19.5. The molecule has 10 nitrogen and oxygen atoms in total. The molecule has 0 aliphatic rings. The van der Waals surface area contributed by atoms with Gasteiger partial charge in [0.05, 0.1) is 0 Å². The Kier molecular flexibility index (Phi) is 9.73. The fourth-order valence-electron chi connectivity index (χ4n) is 7.52.